The summed E-state index contributed by atoms with van der Waals surface area (Å²) in [5, 5.41) is 7.39. The van der Waals surface area contributed by atoms with Crippen LogP contribution in [0.4, 0.5) is 19.0 Å². The van der Waals surface area contributed by atoms with Gasteiger partial charge in [0, 0.05) is 36.3 Å². The van der Waals surface area contributed by atoms with Crippen molar-refractivity contribution < 1.29 is 27.6 Å². The van der Waals surface area contributed by atoms with E-state index >= 15 is 0 Å². The predicted octanol–water partition coefficient (Wildman–Crippen LogP) is 3.83. The van der Waals surface area contributed by atoms with Crippen molar-refractivity contribution in [3.63, 3.8) is 0 Å². The number of hydrogen-bond donors (Lipinski definition) is 1. The lowest BCUT2D eigenvalue weighted by atomic mass is 10.0. The van der Waals surface area contributed by atoms with Gasteiger partial charge in [-0.25, -0.2) is 15.0 Å². The minimum atomic E-state index is -4.72. The Labute approximate surface area is 237 Å². The van der Waals surface area contributed by atoms with Crippen molar-refractivity contribution in [2.75, 3.05) is 5.32 Å². The Morgan fingerprint density at radius 3 is 2.50 bits per heavy atom. The van der Waals surface area contributed by atoms with E-state index in [4.69, 9.17) is 0 Å². The van der Waals surface area contributed by atoms with E-state index in [1.807, 2.05) is 13.0 Å². The van der Waals surface area contributed by atoms with Gasteiger partial charge in [0.2, 0.25) is 11.8 Å². The van der Waals surface area contributed by atoms with Crippen LogP contribution in [0.3, 0.4) is 0 Å². The van der Waals surface area contributed by atoms with Gasteiger partial charge in [-0.1, -0.05) is 13.0 Å². The molecule has 1 aliphatic carbocycles. The van der Waals surface area contributed by atoms with E-state index in [2.05, 4.69) is 30.4 Å². The first-order chi connectivity index (χ1) is 19.8. The topological polar surface area (TPSA) is 136 Å². The third-order valence-corrected chi connectivity index (χ3v) is 7.89. The van der Waals surface area contributed by atoms with Crippen LogP contribution in [0.15, 0.2) is 43.0 Å². The normalized spacial score (nSPS) is 21.3. The number of hydrogen-bond acceptors (Lipinski definition) is 8. The van der Waals surface area contributed by atoms with Crippen molar-refractivity contribution in [2.45, 2.75) is 58.4 Å². The molecule has 4 heterocycles. The second-order valence-corrected chi connectivity index (χ2v) is 11.0. The molecule has 1 saturated heterocycles. The highest BCUT2D eigenvalue weighted by molar-refractivity contribution is 6.06. The van der Waals surface area contributed by atoms with Gasteiger partial charge in [-0.05, 0) is 42.9 Å². The number of benzene rings is 1. The number of amides is 2. The lowest BCUT2D eigenvalue weighted by molar-refractivity contribution is -0.141. The summed E-state index contributed by atoms with van der Waals surface area (Å²) in [5.74, 6) is -1.05. The van der Waals surface area contributed by atoms with Crippen LogP contribution in [0.1, 0.15) is 48.7 Å². The molecule has 6 rings (SSSR count). The molecule has 2 aliphatic rings. The highest BCUT2D eigenvalue weighted by Gasteiger charge is 2.64. The Hall–Kier alpha value is -4.75. The predicted molar refractivity (Wildman–Crippen MR) is 143 cm³/mol. The highest BCUT2D eigenvalue weighted by atomic mass is 19.4. The average molecular weight is 579 g/mol. The zero-order chi connectivity index (χ0) is 30.0. The lowest BCUT2D eigenvalue weighted by Crippen LogP contribution is -2.46. The molecule has 1 saturated carbocycles. The Kier molecular flexibility index (Phi) is 6.31. The first-order valence-electron chi connectivity index (χ1n) is 13.2. The fourth-order valence-electron chi connectivity index (χ4n) is 5.62. The van der Waals surface area contributed by atoms with Gasteiger partial charge >= 0.3 is 6.18 Å². The van der Waals surface area contributed by atoms with Crippen LogP contribution in [0.5, 0.6) is 0 Å². The summed E-state index contributed by atoms with van der Waals surface area (Å²) in [6.07, 6.45) is 1.28. The molecule has 1 aliphatic heterocycles. The number of ketones is 1. The molecule has 42 heavy (non-hydrogen) atoms. The van der Waals surface area contributed by atoms with E-state index < -0.39 is 29.7 Å². The van der Waals surface area contributed by atoms with Crippen molar-refractivity contribution in [1.82, 2.24) is 34.6 Å². The maximum Gasteiger partial charge on any atom is 0.434 e. The smallest absolute Gasteiger partial charge is 0.325 e. The molecular weight excluding hydrogens is 553 g/mol. The number of rotatable bonds is 6. The summed E-state index contributed by atoms with van der Waals surface area (Å²) >= 11 is 0. The summed E-state index contributed by atoms with van der Waals surface area (Å²) in [4.78, 5) is 56.3. The zero-order valence-corrected chi connectivity index (χ0v) is 22.8. The number of piperidine rings is 1. The molecular formula is C28H25F3N8O3. The van der Waals surface area contributed by atoms with Gasteiger partial charge in [-0.15, -0.1) is 0 Å². The van der Waals surface area contributed by atoms with Crippen LogP contribution in [0.25, 0.3) is 22.0 Å². The SMILES string of the molecule is CC(=O)c1nn(CC(=O)N2[C@H](C(=O)Nc3cncc(C(F)(F)F)n3)CC3(C)C[C@@H]23)c2ccc(-c3cnc(C)nc3)cc12. The summed E-state index contributed by atoms with van der Waals surface area (Å²) in [7, 11) is 0. The molecule has 14 heteroatoms. The number of fused-ring (bicyclic) bond motifs is 2. The number of carbonyl (C=O) groups excluding carboxylic acids is 3. The van der Waals surface area contributed by atoms with Gasteiger partial charge in [-0.3, -0.25) is 24.0 Å². The first kappa shape index (κ1) is 27.4. The number of nitrogens with zero attached hydrogens (tertiary/aromatic N) is 7. The van der Waals surface area contributed by atoms with Gasteiger partial charge < -0.3 is 10.2 Å². The number of Topliss-reactive ketones (excluding diaryl/α,β-unsaturated/α-hetero) is 1. The second kappa shape index (κ2) is 9.67. The fourth-order valence-corrected chi connectivity index (χ4v) is 5.62. The van der Waals surface area contributed by atoms with Crippen molar-refractivity contribution in [3.8, 4) is 11.1 Å². The van der Waals surface area contributed by atoms with Gasteiger partial charge in [0.25, 0.3) is 0 Å². The molecule has 1 unspecified atom stereocenters. The number of carbonyl (C=O) groups is 3. The summed E-state index contributed by atoms with van der Waals surface area (Å²) in [6.45, 7) is 4.89. The first-order valence-corrected chi connectivity index (χ1v) is 13.2. The van der Waals surface area contributed by atoms with Gasteiger partial charge in [0.05, 0.1) is 17.9 Å². The molecule has 4 aromatic rings. The minimum Gasteiger partial charge on any atom is -0.325 e. The fraction of sp³-hybridized carbons (Fsp3) is 0.357. The molecule has 3 aromatic heterocycles. The molecule has 2 amide bonds. The Morgan fingerprint density at radius 1 is 1.07 bits per heavy atom. The van der Waals surface area contributed by atoms with Gasteiger partial charge in [-0.2, -0.15) is 18.3 Å². The number of halogens is 3. The third-order valence-electron chi connectivity index (χ3n) is 7.89. The molecule has 0 bridgehead atoms. The summed E-state index contributed by atoms with van der Waals surface area (Å²) in [6, 6.07) is 4.27. The van der Waals surface area contributed by atoms with Gasteiger partial charge in [0.1, 0.15) is 24.1 Å². The molecule has 0 radical (unpaired) electrons. The van der Waals surface area contributed by atoms with E-state index in [0.29, 0.717) is 35.8 Å². The highest BCUT2D eigenvalue weighted by Crippen LogP contribution is 2.59. The van der Waals surface area contributed by atoms with Crippen molar-refractivity contribution >= 4 is 34.3 Å². The molecule has 216 valence electrons. The largest absolute Gasteiger partial charge is 0.434 e. The standard InChI is InChI=1S/C28H25F3N8O3/c1-14(40)25-18-6-16(17-9-33-15(2)34-10-17)4-5-19(18)38(37-25)13-24(41)39-20(7-27(3)8-22(27)39)26(42)36-23-12-32-11-21(35-23)28(29,30)31/h4-6,9-12,20,22H,7-8,13H2,1-3H3,(H,35,36,42)/t20-,22+,27?/m0/s1. The minimum absolute atomic E-state index is 0.197. The monoisotopic (exact) mass is 578 g/mol. The van der Waals surface area contributed by atoms with Crippen molar-refractivity contribution in [2.24, 2.45) is 5.41 Å². The average Bonchev–Trinajstić information content (AvgIpc) is 3.30. The van der Waals surface area contributed by atoms with Crippen LogP contribution in [0.2, 0.25) is 0 Å². The van der Waals surface area contributed by atoms with Crippen LogP contribution in [-0.4, -0.2) is 64.3 Å². The van der Waals surface area contributed by atoms with Crippen LogP contribution in [0, 0.1) is 12.3 Å². The second-order valence-electron chi connectivity index (χ2n) is 11.0. The van der Waals surface area contributed by atoms with Crippen molar-refractivity contribution in [1.29, 1.82) is 0 Å². The third kappa shape index (κ3) is 4.86. The number of anilines is 1. The van der Waals surface area contributed by atoms with Crippen LogP contribution < -0.4 is 5.32 Å². The number of nitrogens with one attached hydrogen (secondary N) is 1. The number of likely N-dealkylation sites (tertiary alicyclic amines) is 1. The number of aromatic nitrogens is 6. The van der Waals surface area contributed by atoms with E-state index in [1.54, 1.807) is 31.5 Å². The maximum absolute atomic E-state index is 13.7. The molecule has 3 atom stereocenters. The van der Waals surface area contributed by atoms with Gasteiger partial charge in [0.15, 0.2) is 17.3 Å². The van der Waals surface area contributed by atoms with Crippen molar-refractivity contribution in [3.05, 3.63) is 60.2 Å². The molecule has 1 N–H and O–H groups in total. The molecule has 0 spiro atoms. The maximum atomic E-state index is 13.7. The van der Waals surface area contributed by atoms with E-state index in [1.165, 1.54) is 16.5 Å². The Bertz CT molecular complexity index is 1750. The zero-order valence-electron chi connectivity index (χ0n) is 22.8. The molecule has 1 aromatic carbocycles. The quantitative estimate of drug-likeness (QED) is 0.341. The lowest BCUT2D eigenvalue weighted by Gasteiger charge is -2.26. The van der Waals surface area contributed by atoms with Crippen LogP contribution >= 0.6 is 0 Å². The molecule has 11 nitrogen and oxygen atoms in total. The number of alkyl halides is 3. The van der Waals surface area contributed by atoms with E-state index in [0.717, 1.165) is 17.3 Å². The molecule has 2 fully saturated rings. The van der Waals surface area contributed by atoms with E-state index in [-0.39, 0.29) is 35.3 Å². The number of aryl methyl sites for hydroxylation is 1. The Morgan fingerprint density at radius 2 is 1.81 bits per heavy atom. The van der Waals surface area contributed by atoms with E-state index in [9.17, 15) is 27.6 Å². The Balaban J connectivity index is 1.27. The summed E-state index contributed by atoms with van der Waals surface area (Å²) in [5.41, 5.74) is 0.771. The summed E-state index contributed by atoms with van der Waals surface area (Å²) < 4.78 is 40.7. The van der Waals surface area contributed by atoms with Crippen LogP contribution in [-0.2, 0) is 22.3 Å².